The van der Waals surface area contributed by atoms with Crippen molar-refractivity contribution in [1.29, 1.82) is 0 Å². The molecule has 210 valence electrons. The van der Waals surface area contributed by atoms with Crippen molar-refractivity contribution in [1.82, 2.24) is 30.2 Å². The topological polar surface area (TPSA) is 153 Å². The van der Waals surface area contributed by atoms with E-state index in [0.29, 0.717) is 54.7 Å². The summed E-state index contributed by atoms with van der Waals surface area (Å²) < 4.78 is 12.6. The highest BCUT2D eigenvalue weighted by Gasteiger charge is 2.30. The Hall–Kier alpha value is -4.33. The van der Waals surface area contributed by atoms with E-state index >= 15 is 0 Å². The summed E-state index contributed by atoms with van der Waals surface area (Å²) in [7, 11) is 19.9. The van der Waals surface area contributed by atoms with Gasteiger partial charge in [-0.1, -0.05) is 11.3 Å². The van der Waals surface area contributed by atoms with Crippen LogP contribution in [-0.2, 0) is 16.6 Å². The molecule has 0 unspecified atom stereocenters. The minimum atomic E-state index is -2.01. The number of nitrogens with zero attached hydrogens (tertiary/aromatic N) is 5. The molecule has 1 saturated carbocycles. The van der Waals surface area contributed by atoms with Crippen LogP contribution in [-0.4, -0.2) is 105 Å². The maximum Gasteiger partial charge on any atom is 0.272 e. The molecule has 0 spiro atoms. The van der Waals surface area contributed by atoms with E-state index in [0.717, 1.165) is 12.8 Å². The lowest BCUT2D eigenvalue weighted by Crippen LogP contribution is -2.50. The number of hydrogen-bond acceptors (Lipinski definition) is 9. The number of hydrogen-bond donors (Lipinski definition) is 3. The Morgan fingerprint density at radius 2 is 1.81 bits per heavy atom. The second-order valence-electron chi connectivity index (χ2n) is 10.1. The molecule has 5 rings (SSSR count). The van der Waals surface area contributed by atoms with E-state index in [1.807, 2.05) is 0 Å². The number of aryl methyl sites for hydroxylation is 1. The molecule has 3 amide bonds. The summed E-state index contributed by atoms with van der Waals surface area (Å²) in [6.07, 6.45) is 1.60. The van der Waals surface area contributed by atoms with Crippen molar-refractivity contribution in [3.63, 3.8) is 0 Å². The summed E-state index contributed by atoms with van der Waals surface area (Å²) in [5.74, 6) is -0.704. The van der Waals surface area contributed by atoms with Crippen molar-refractivity contribution < 1.29 is 23.9 Å². The second kappa shape index (κ2) is 11.9. The van der Waals surface area contributed by atoms with E-state index < -0.39 is 11.1 Å². The van der Waals surface area contributed by atoms with Gasteiger partial charge in [0.1, 0.15) is 5.69 Å². The molecule has 2 aromatic heterocycles. The summed E-state index contributed by atoms with van der Waals surface area (Å²) in [6, 6.07) is 8.42. The van der Waals surface area contributed by atoms with Gasteiger partial charge in [-0.3, -0.25) is 19.1 Å². The van der Waals surface area contributed by atoms with Gasteiger partial charge in [0.2, 0.25) is 5.91 Å². The molecule has 0 atom stereocenters. The first-order valence-electron chi connectivity index (χ1n) is 13.3. The number of para-hydroxylation sites is 1. The zero-order valence-electron chi connectivity index (χ0n) is 23.2. The fourth-order valence-electron chi connectivity index (χ4n) is 4.48. The van der Waals surface area contributed by atoms with Gasteiger partial charge in [0.15, 0.2) is 17.3 Å². The zero-order valence-corrected chi connectivity index (χ0v) is 23.2. The van der Waals surface area contributed by atoms with Crippen LogP contribution < -0.4 is 20.7 Å². The molecule has 0 bridgehead atoms. The number of morpholine rings is 1. The van der Waals surface area contributed by atoms with Crippen LogP contribution in [0.4, 0.5) is 17.2 Å². The Labute approximate surface area is 246 Å². The molecule has 42 heavy (non-hydrogen) atoms. The van der Waals surface area contributed by atoms with Gasteiger partial charge in [-0.25, -0.2) is 0 Å². The molecule has 1 aromatic carbocycles. The van der Waals surface area contributed by atoms with Gasteiger partial charge < -0.3 is 30.3 Å². The lowest BCUT2D eigenvalue weighted by Gasteiger charge is -2.26. The molecular formula is C26H27B3N8O5. The number of aromatic nitrogens is 4. The standard InChI is InChI=1S/C26H27B3N8O5/c1-36-19(25(40)37-8-10-42-11-9-37)12-17(35-36)15-4-3-5-16(22(15)41-2)30-18-13-20(31-23(38)14-6-7-14)33-34-21(18)24(39)32-26(27,28)29/h3-5,12-14H,6-11H2,1-2H3,(H,32,39)(H2,30,31,33,38). The van der Waals surface area contributed by atoms with Gasteiger partial charge in [-0.15, -0.1) is 10.2 Å². The lowest BCUT2D eigenvalue weighted by atomic mass is 9.49. The second-order valence-corrected chi connectivity index (χ2v) is 10.1. The highest BCUT2D eigenvalue weighted by atomic mass is 16.5. The summed E-state index contributed by atoms with van der Waals surface area (Å²) in [5, 5.41) is 18.6. The third kappa shape index (κ3) is 6.59. The molecule has 3 heterocycles. The van der Waals surface area contributed by atoms with Crippen molar-refractivity contribution in [2.75, 3.05) is 44.0 Å². The fraction of sp³-hybridized carbons (Fsp3) is 0.385. The fourth-order valence-corrected chi connectivity index (χ4v) is 4.48. The first kappa shape index (κ1) is 29.2. The smallest absolute Gasteiger partial charge is 0.272 e. The van der Waals surface area contributed by atoms with E-state index in [1.54, 1.807) is 36.2 Å². The monoisotopic (exact) mass is 564 g/mol. The maximum absolute atomic E-state index is 13.1. The Morgan fingerprint density at radius 1 is 1.07 bits per heavy atom. The van der Waals surface area contributed by atoms with Crippen LogP contribution in [0, 0.1) is 5.92 Å². The number of anilines is 3. The van der Waals surface area contributed by atoms with Crippen molar-refractivity contribution >= 4 is 58.5 Å². The Balaban J connectivity index is 1.48. The van der Waals surface area contributed by atoms with Crippen LogP contribution >= 0.6 is 0 Å². The van der Waals surface area contributed by atoms with Crippen LogP contribution in [0.15, 0.2) is 30.3 Å². The lowest BCUT2D eigenvalue weighted by molar-refractivity contribution is -0.117. The third-order valence-electron chi connectivity index (χ3n) is 6.70. The molecule has 2 fully saturated rings. The van der Waals surface area contributed by atoms with E-state index in [9.17, 15) is 14.4 Å². The van der Waals surface area contributed by atoms with Crippen LogP contribution in [0.3, 0.4) is 0 Å². The van der Waals surface area contributed by atoms with E-state index in [-0.39, 0.29) is 34.9 Å². The number of methoxy groups -OCH3 is 1. The third-order valence-corrected chi connectivity index (χ3v) is 6.70. The van der Waals surface area contributed by atoms with Crippen LogP contribution in [0.1, 0.15) is 33.8 Å². The Morgan fingerprint density at radius 3 is 2.48 bits per heavy atom. The van der Waals surface area contributed by atoms with Gasteiger partial charge in [-0.05, 0) is 31.0 Å². The predicted molar refractivity (Wildman–Crippen MR) is 156 cm³/mol. The van der Waals surface area contributed by atoms with Crippen molar-refractivity contribution in [2.24, 2.45) is 13.0 Å². The van der Waals surface area contributed by atoms with Gasteiger partial charge in [-0.2, -0.15) is 5.10 Å². The van der Waals surface area contributed by atoms with Gasteiger partial charge in [0.25, 0.3) is 11.8 Å². The Bertz CT molecular complexity index is 1520. The highest BCUT2D eigenvalue weighted by molar-refractivity contribution is 6.60. The highest BCUT2D eigenvalue weighted by Crippen LogP contribution is 2.38. The van der Waals surface area contributed by atoms with Crippen molar-refractivity contribution in [3.05, 3.63) is 41.7 Å². The molecule has 3 aromatic rings. The SMILES string of the molecule is [B]C([B])([B])NC(=O)c1nnc(NC(=O)C2CC2)cc1Nc1cccc(-c2cc(C(=O)N3CCOCC3)n(C)n2)c1OC. The van der Waals surface area contributed by atoms with Gasteiger partial charge >= 0.3 is 0 Å². The van der Waals surface area contributed by atoms with Crippen molar-refractivity contribution in [3.8, 4) is 17.0 Å². The van der Waals surface area contributed by atoms with E-state index in [1.165, 1.54) is 17.9 Å². The summed E-state index contributed by atoms with van der Waals surface area (Å²) in [4.78, 5) is 40.1. The molecule has 16 heteroatoms. The van der Waals surface area contributed by atoms with Crippen molar-refractivity contribution in [2.45, 2.75) is 18.1 Å². The largest absolute Gasteiger partial charge is 0.494 e. The number of carbonyl (C=O) groups is 3. The molecule has 6 radical (unpaired) electrons. The quantitative estimate of drug-likeness (QED) is 0.312. The minimum absolute atomic E-state index is 0.0753. The van der Waals surface area contributed by atoms with Crippen LogP contribution in [0.25, 0.3) is 11.3 Å². The van der Waals surface area contributed by atoms with Crippen LogP contribution in [0.5, 0.6) is 5.75 Å². The summed E-state index contributed by atoms with van der Waals surface area (Å²) >= 11 is 0. The van der Waals surface area contributed by atoms with Gasteiger partial charge in [0.05, 0.1) is 60.9 Å². The average molecular weight is 564 g/mol. The molecule has 2 aliphatic rings. The summed E-state index contributed by atoms with van der Waals surface area (Å²) in [5.41, 5.74) is 1.90. The number of amides is 3. The molecular weight excluding hydrogens is 537 g/mol. The molecule has 1 aliphatic carbocycles. The Kier molecular flexibility index (Phi) is 8.25. The number of rotatable bonds is 9. The molecule has 1 saturated heterocycles. The average Bonchev–Trinajstić information content (AvgIpc) is 3.74. The van der Waals surface area contributed by atoms with E-state index in [2.05, 4.69) is 31.2 Å². The number of nitrogens with one attached hydrogen (secondary N) is 3. The summed E-state index contributed by atoms with van der Waals surface area (Å²) in [6.45, 7) is 1.97. The number of ether oxygens (including phenoxy) is 2. The molecule has 13 nitrogen and oxygen atoms in total. The van der Waals surface area contributed by atoms with E-state index in [4.69, 9.17) is 33.0 Å². The maximum atomic E-state index is 13.1. The number of carbonyl (C=O) groups excluding carboxylic acids is 3. The normalized spacial score (nSPS) is 15.1. The predicted octanol–water partition coefficient (Wildman–Crippen LogP) is 0.297. The molecule has 1 aliphatic heterocycles. The van der Waals surface area contributed by atoms with Crippen LogP contribution in [0.2, 0.25) is 0 Å². The van der Waals surface area contributed by atoms with Gasteiger partial charge in [0, 0.05) is 37.7 Å². The minimum Gasteiger partial charge on any atom is -0.494 e. The first-order valence-corrected chi connectivity index (χ1v) is 13.3. The molecule has 3 N–H and O–H groups in total. The zero-order chi connectivity index (χ0) is 30.0. The number of benzene rings is 1. The first-order chi connectivity index (χ1) is 20.0.